The number of fused-ring (bicyclic) bond motifs is 1. The molecule has 0 saturated carbocycles. The zero-order valence-corrected chi connectivity index (χ0v) is 14.0. The molecular weight excluding hydrogens is 316 g/mol. The molecule has 0 spiro atoms. The number of aryl methyl sites for hydroxylation is 1. The van der Waals surface area contributed by atoms with Crippen molar-refractivity contribution < 1.29 is 14.3 Å². The minimum atomic E-state index is -0.586. The van der Waals surface area contributed by atoms with Crippen LogP contribution in [0.25, 0.3) is 10.9 Å². The molecule has 1 aromatic heterocycles. The SMILES string of the molecule is COc1ccc2[nH]cc(C(=O)C(=O)NCCCc3ccccc3)c2c1. The molecule has 3 rings (SSSR count). The number of methoxy groups -OCH3 is 1. The number of aromatic nitrogens is 1. The number of hydrogen-bond acceptors (Lipinski definition) is 3. The van der Waals surface area contributed by atoms with Gasteiger partial charge in [0, 0.05) is 23.6 Å². The number of Topliss-reactive ketones (excluding diaryl/α,β-unsaturated/α-hetero) is 1. The fourth-order valence-electron chi connectivity index (χ4n) is 2.76. The summed E-state index contributed by atoms with van der Waals surface area (Å²) in [7, 11) is 1.56. The number of aromatic amines is 1. The fraction of sp³-hybridized carbons (Fsp3) is 0.200. The Morgan fingerprint density at radius 2 is 1.92 bits per heavy atom. The number of carbonyl (C=O) groups is 2. The van der Waals surface area contributed by atoms with Crippen LogP contribution < -0.4 is 10.1 Å². The largest absolute Gasteiger partial charge is 0.497 e. The van der Waals surface area contributed by atoms with E-state index in [1.165, 1.54) is 5.56 Å². The van der Waals surface area contributed by atoms with Gasteiger partial charge in [-0.1, -0.05) is 30.3 Å². The maximum Gasteiger partial charge on any atom is 0.292 e. The third-order valence-corrected chi connectivity index (χ3v) is 4.11. The summed E-state index contributed by atoms with van der Waals surface area (Å²) in [5, 5.41) is 3.38. The van der Waals surface area contributed by atoms with Crippen LogP contribution in [0.4, 0.5) is 0 Å². The highest BCUT2D eigenvalue weighted by Crippen LogP contribution is 2.23. The van der Waals surface area contributed by atoms with Crippen LogP contribution in [-0.4, -0.2) is 30.3 Å². The molecule has 5 heteroatoms. The van der Waals surface area contributed by atoms with Crippen LogP contribution in [0.2, 0.25) is 0 Å². The lowest BCUT2D eigenvalue weighted by Crippen LogP contribution is -2.31. The molecule has 5 nitrogen and oxygen atoms in total. The standard InChI is InChI=1S/C20H20N2O3/c1-25-15-9-10-18-16(12-15)17(13-22-18)19(23)20(24)21-11-5-8-14-6-3-2-4-7-14/h2-4,6-7,9-10,12-13,22H,5,8,11H2,1H3,(H,21,24). The summed E-state index contributed by atoms with van der Waals surface area (Å²) in [6, 6.07) is 15.4. The van der Waals surface area contributed by atoms with Gasteiger partial charge in [-0.05, 0) is 36.6 Å². The predicted molar refractivity (Wildman–Crippen MR) is 97.0 cm³/mol. The summed E-state index contributed by atoms with van der Waals surface area (Å²) in [6.07, 6.45) is 3.21. The van der Waals surface area contributed by atoms with E-state index in [1.807, 2.05) is 36.4 Å². The second kappa shape index (κ2) is 7.66. The van der Waals surface area contributed by atoms with E-state index in [1.54, 1.807) is 25.4 Å². The van der Waals surface area contributed by atoms with E-state index in [2.05, 4.69) is 10.3 Å². The first-order valence-corrected chi connectivity index (χ1v) is 8.20. The molecule has 0 aliphatic carbocycles. The molecule has 3 aromatic rings. The van der Waals surface area contributed by atoms with Crippen LogP contribution >= 0.6 is 0 Å². The topological polar surface area (TPSA) is 71.2 Å². The van der Waals surface area contributed by atoms with Crippen LogP contribution in [0.15, 0.2) is 54.7 Å². The maximum atomic E-state index is 12.4. The summed E-state index contributed by atoms with van der Waals surface area (Å²) in [4.78, 5) is 27.6. The first-order chi connectivity index (χ1) is 12.2. The summed E-state index contributed by atoms with van der Waals surface area (Å²) < 4.78 is 5.18. The van der Waals surface area contributed by atoms with Gasteiger partial charge in [0.25, 0.3) is 11.7 Å². The zero-order valence-electron chi connectivity index (χ0n) is 14.0. The number of ether oxygens (including phenoxy) is 1. The van der Waals surface area contributed by atoms with E-state index in [4.69, 9.17) is 4.74 Å². The lowest BCUT2D eigenvalue weighted by atomic mass is 10.1. The average molecular weight is 336 g/mol. The number of nitrogens with one attached hydrogen (secondary N) is 2. The maximum absolute atomic E-state index is 12.4. The molecule has 0 unspecified atom stereocenters. The van der Waals surface area contributed by atoms with Crippen LogP contribution in [0.5, 0.6) is 5.75 Å². The summed E-state index contributed by atoms with van der Waals surface area (Å²) in [5.41, 5.74) is 2.36. The van der Waals surface area contributed by atoms with Crippen LogP contribution in [0.3, 0.4) is 0 Å². The van der Waals surface area contributed by atoms with Crippen molar-refractivity contribution in [3.05, 3.63) is 65.9 Å². The number of benzene rings is 2. The van der Waals surface area contributed by atoms with Gasteiger partial charge in [-0.25, -0.2) is 0 Å². The van der Waals surface area contributed by atoms with Gasteiger partial charge in [0.1, 0.15) is 5.75 Å². The van der Waals surface area contributed by atoms with Gasteiger partial charge in [-0.15, -0.1) is 0 Å². The Hall–Kier alpha value is -3.08. The number of rotatable bonds is 7. The van der Waals surface area contributed by atoms with Crippen molar-refractivity contribution in [3.63, 3.8) is 0 Å². The van der Waals surface area contributed by atoms with Crippen molar-refractivity contribution in [3.8, 4) is 5.75 Å². The van der Waals surface area contributed by atoms with Gasteiger partial charge >= 0.3 is 0 Å². The van der Waals surface area contributed by atoms with Crippen LogP contribution in [-0.2, 0) is 11.2 Å². The molecule has 2 aromatic carbocycles. The first kappa shape index (κ1) is 16.8. The highest BCUT2D eigenvalue weighted by Gasteiger charge is 2.19. The van der Waals surface area contributed by atoms with Gasteiger partial charge in [0.15, 0.2) is 0 Å². The van der Waals surface area contributed by atoms with Crippen molar-refractivity contribution in [2.45, 2.75) is 12.8 Å². The Balaban J connectivity index is 1.60. The van der Waals surface area contributed by atoms with E-state index < -0.39 is 11.7 Å². The normalized spacial score (nSPS) is 10.6. The van der Waals surface area contributed by atoms with Gasteiger partial charge < -0.3 is 15.0 Å². The molecule has 0 fully saturated rings. The third-order valence-electron chi connectivity index (χ3n) is 4.11. The molecule has 25 heavy (non-hydrogen) atoms. The third kappa shape index (κ3) is 3.88. The van der Waals surface area contributed by atoms with E-state index in [0.29, 0.717) is 23.2 Å². The van der Waals surface area contributed by atoms with E-state index in [9.17, 15) is 9.59 Å². The smallest absolute Gasteiger partial charge is 0.292 e. The van der Waals surface area contributed by atoms with Crippen LogP contribution in [0, 0.1) is 0 Å². The second-order valence-electron chi connectivity index (χ2n) is 5.79. The summed E-state index contributed by atoms with van der Waals surface area (Å²) >= 11 is 0. The molecule has 0 aliphatic rings. The minimum Gasteiger partial charge on any atom is -0.497 e. The Bertz CT molecular complexity index is 884. The van der Waals surface area contributed by atoms with E-state index in [-0.39, 0.29) is 0 Å². The number of H-pyrrole nitrogens is 1. The zero-order chi connectivity index (χ0) is 17.6. The molecule has 0 saturated heterocycles. The molecule has 1 heterocycles. The number of ketones is 1. The first-order valence-electron chi connectivity index (χ1n) is 8.20. The van der Waals surface area contributed by atoms with Crippen LogP contribution in [0.1, 0.15) is 22.3 Å². The molecule has 1 amide bonds. The lowest BCUT2D eigenvalue weighted by Gasteiger charge is -2.05. The fourth-order valence-corrected chi connectivity index (χ4v) is 2.76. The van der Waals surface area contributed by atoms with Gasteiger partial charge in [-0.3, -0.25) is 9.59 Å². The van der Waals surface area contributed by atoms with E-state index >= 15 is 0 Å². The van der Waals surface area contributed by atoms with Crippen molar-refractivity contribution in [2.75, 3.05) is 13.7 Å². The molecule has 0 radical (unpaired) electrons. The quantitative estimate of drug-likeness (QED) is 0.396. The molecule has 128 valence electrons. The highest BCUT2D eigenvalue weighted by molar-refractivity contribution is 6.45. The summed E-state index contributed by atoms with van der Waals surface area (Å²) in [6.45, 7) is 0.463. The van der Waals surface area contributed by atoms with Gasteiger partial charge in [0.05, 0.1) is 12.7 Å². The van der Waals surface area contributed by atoms with Crippen molar-refractivity contribution in [1.82, 2.24) is 10.3 Å². The van der Waals surface area contributed by atoms with Gasteiger partial charge in [0.2, 0.25) is 0 Å². The summed E-state index contributed by atoms with van der Waals surface area (Å²) in [5.74, 6) is -0.486. The van der Waals surface area contributed by atoms with Crippen molar-refractivity contribution in [1.29, 1.82) is 0 Å². The Labute approximate surface area is 146 Å². The molecule has 0 atom stereocenters. The second-order valence-corrected chi connectivity index (χ2v) is 5.79. The Morgan fingerprint density at radius 1 is 1.12 bits per heavy atom. The monoisotopic (exact) mass is 336 g/mol. The Morgan fingerprint density at radius 3 is 2.68 bits per heavy atom. The van der Waals surface area contributed by atoms with Crippen molar-refractivity contribution >= 4 is 22.6 Å². The van der Waals surface area contributed by atoms with Gasteiger partial charge in [-0.2, -0.15) is 0 Å². The lowest BCUT2D eigenvalue weighted by molar-refractivity contribution is -0.117. The average Bonchev–Trinajstić information content (AvgIpc) is 3.08. The number of amides is 1. The molecular formula is C20H20N2O3. The Kier molecular flexibility index (Phi) is 5.14. The molecule has 0 aliphatic heterocycles. The van der Waals surface area contributed by atoms with Crippen molar-refractivity contribution in [2.24, 2.45) is 0 Å². The predicted octanol–water partition coefficient (Wildman–Crippen LogP) is 3.11. The van der Waals surface area contributed by atoms with E-state index in [0.717, 1.165) is 18.4 Å². The molecule has 2 N–H and O–H groups in total. The number of carbonyl (C=O) groups excluding carboxylic acids is 2. The minimum absolute atomic E-state index is 0.356. The molecule has 0 bridgehead atoms. The highest BCUT2D eigenvalue weighted by atomic mass is 16.5. The number of hydrogen-bond donors (Lipinski definition) is 2.